The lowest BCUT2D eigenvalue weighted by Crippen LogP contribution is -2.46. The fourth-order valence-electron chi connectivity index (χ4n) is 13.9. The first-order chi connectivity index (χ1) is 25.6. The topological polar surface area (TPSA) is 52.0 Å². The van der Waals surface area contributed by atoms with E-state index >= 15 is 0 Å². The Bertz CT molecular complexity index is 1670. The van der Waals surface area contributed by atoms with Crippen LogP contribution in [0.2, 0.25) is 33.2 Å². The molecule has 52 heavy (non-hydrogen) atoms. The Labute approximate surface area is 317 Å². The Morgan fingerprint density at radius 2 is 0.654 bits per heavy atom. The molecule has 0 aromatic heterocycles. The summed E-state index contributed by atoms with van der Waals surface area (Å²) in [6.45, 7) is 0. The Morgan fingerprint density at radius 1 is 0.404 bits per heavy atom. The average Bonchev–Trinajstić information content (AvgIpc) is 4.03. The van der Waals surface area contributed by atoms with Gasteiger partial charge in [0, 0.05) is 10.8 Å². The van der Waals surface area contributed by atoms with E-state index in [1.807, 2.05) is 0 Å². The number of nitrogens with two attached hydrogens (primary N) is 2. The second-order valence-corrected chi connectivity index (χ2v) is 27.7. The summed E-state index contributed by atoms with van der Waals surface area (Å²) < 4.78 is 0. The molecule has 3 aromatic rings. The molecule has 2 nitrogen and oxygen atoms in total. The maximum absolute atomic E-state index is 7.32. The monoisotopic (exact) mass is 724 g/mol. The van der Waals surface area contributed by atoms with Crippen molar-refractivity contribution in [1.82, 2.24) is 0 Å². The summed E-state index contributed by atoms with van der Waals surface area (Å²) >= 11 is 0. The summed E-state index contributed by atoms with van der Waals surface area (Å²) in [6.07, 6.45) is 33.9. The first-order valence-corrected chi connectivity index (χ1v) is 26.7. The lowest BCUT2D eigenvalue weighted by atomic mass is 9.93. The third kappa shape index (κ3) is 5.98. The largest absolute Gasteiger partial charge is 0.396 e. The molecular formula is C48H64N2Si2. The molecule has 6 fully saturated rings. The Morgan fingerprint density at radius 3 is 0.904 bits per heavy atom. The number of hydrogen-bond acceptors (Lipinski definition) is 2. The van der Waals surface area contributed by atoms with Crippen LogP contribution in [0.1, 0.15) is 165 Å². The zero-order valence-corrected chi connectivity index (χ0v) is 34.1. The molecular weight excluding hydrogens is 661 g/mol. The standard InChI is InChI=1S/C48H64N2Si2/c49-47-43(29-31-51(37-17-3-4-18-37,38-19-5-6-20-38)39-21-7-8-22-39)45-33-35-15-1-2-16-36(35)34-46(45)44(48(47)50)30-32-52(40-23-9-10-24-40,41-25-11-12-26-41)42-27-13-14-28-42/h1-2,15-16,33-34,37-42H,3-14,17-28,49-50H2. The minimum Gasteiger partial charge on any atom is -0.396 e. The Hall–Kier alpha value is -2.67. The molecule has 0 atom stereocenters. The molecule has 4 heteroatoms. The van der Waals surface area contributed by atoms with Crippen LogP contribution in [-0.4, -0.2) is 16.1 Å². The molecule has 3 aromatic carbocycles. The summed E-state index contributed by atoms with van der Waals surface area (Å²) in [5.74, 6) is 8.07. The maximum atomic E-state index is 7.32. The van der Waals surface area contributed by atoms with Crippen LogP contribution in [-0.2, 0) is 0 Å². The van der Waals surface area contributed by atoms with Gasteiger partial charge in [0.25, 0.3) is 0 Å². The molecule has 274 valence electrons. The van der Waals surface area contributed by atoms with Crippen molar-refractivity contribution in [1.29, 1.82) is 0 Å². The highest BCUT2D eigenvalue weighted by Gasteiger charge is 2.55. The lowest BCUT2D eigenvalue weighted by Gasteiger charge is -2.43. The lowest BCUT2D eigenvalue weighted by molar-refractivity contribution is 0.690. The van der Waals surface area contributed by atoms with Crippen LogP contribution < -0.4 is 11.5 Å². The summed E-state index contributed by atoms with van der Waals surface area (Å²) in [6, 6.07) is 13.7. The van der Waals surface area contributed by atoms with E-state index < -0.39 is 16.1 Å². The van der Waals surface area contributed by atoms with Crippen LogP contribution in [0.5, 0.6) is 0 Å². The smallest absolute Gasteiger partial charge is 0.148 e. The van der Waals surface area contributed by atoms with E-state index in [1.165, 1.54) is 176 Å². The fraction of sp³-hybridized carbons (Fsp3) is 0.625. The van der Waals surface area contributed by atoms with Gasteiger partial charge < -0.3 is 11.5 Å². The van der Waals surface area contributed by atoms with Crippen molar-refractivity contribution in [3.8, 4) is 22.9 Å². The number of hydrogen-bond donors (Lipinski definition) is 2. The van der Waals surface area contributed by atoms with Gasteiger partial charge in [-0.3, -0.25) is 0 Å². The van der Waals surface area contributed by atoms with E-state index in [0.717, 1.165) is 44.4 Å². The normalized spacial score (nSPS) is 23.2. The molecule has 6 aliphatic carbocycles. The van der Waals surface area contributed by atoms with E-state index in [2.05, 4.69) is 59.3 Å². The van der Waals surface area contributed by atoms with Gasteiger partial charge in [0.1, 0.15) is 16.1 Å². The van der Waals surface area contributed by atoms with Gasteiger partial charge in [-0.05, 0) is 56.2 Å². The minimum absolute atomic E-state index is 0.710. The second kappa shape index (κ2) is 14.9. The quantitative estimate of drug-likeness (QED) is 0.115. The second-order valence-electron chi connectivity index (χ2n) is 18.6. The van der Waals surface area contributed by atoms with E-state index in [4.69, 9.17) is 11.5 Å². The van der Waals surface area contributed by atoms with Crippen LogP contribution in [0.4, 0.5) is 11.4 Å². The van der Waals surface area contributed by atoms with Crippen molar-refractivity contribution in [2.75, 3.05) is 11.5 Å². The molecule has 9 rings (SSSR count). The highest BCUT2D eigenvalue weighted by Crippen LogP contribution is 2.60. The van der Waals surface area contributed by atoms with Crippen LogP contribution in [0.15, 0.2) is 36.4 Å². The summed E-state index contributed by atoms with van der Waals surface area (Å²) in [4.78, 5) is 0. The molecule has 0 amide bonds. The number of rotatable bonds is 6. The molecule has 6 saturated carbocycles. The van der Waals surface area contributed by atoms with Gasteiger partial charge in [0.05, 0.1) is 22.5 Å². The average molecular weight is 725 g/mol. The van der Waals surface area contributed by atoms with Crippen molar-refractivity contribution in [3.63, 3.8) is 0 Å². The number of nitrogen functional groups attached to an aromatic ring is 2. The van der Waals surface area contributed by atoms with Crippen molar-refractivity contribution in [2.24, 2.45) is 0 Å². The fourth-order valence-corrected chi connectivity index (χ4v) is 27.9. The van der Waals surface area contributed by atoms with E-state index in [1.54, 1.807) is 0 Å². The van der Waals surface area contributed by atoms with Gasteiger partial charge in [-0.25, -0.2) is 0 Å². The highest BCUT2D eigenvalue weighted by atomic mass is 28.3. The van der Waals surface area contributed by atoms with Gasteiger partial charge in [-0.1, -0.05) is 190 Å². The van der Waals surface area contributed by atoms with E-state index in [9.17, 15) is 0 Å². The highest BCUT2D eigenvalue weighted by molar-refractivity contribution is 6.91. The third-order valence-corrected chi connectivity index (χ3v) is 28.9. The zero-order valence-electron chi connectivity index (χ0n) is 32.1. The summed E-state index contributed by atoms with van der Waals surface area (Å²) in [5.41, 5.74) is 32.1. The SMILES string of the molecule is Nc1c(N)c(C#C[Si](C2CCCC2)(C2CCCC2)C2CCCC2)c2cc3ccccc3cc2c1C#C[Si](C1CCCC1)(C1CCCC1)C1CCCC1. The predicted molar refractivity (Wildman–Crippen MR) is 229 cm³/mol. The third-order valence-electron chi connectivity index (χ3n) is 16.2. The zero-order chi connectivity index (χ0) is 35.1. The van der Waals surface area contributed by atoms with Crippen LogP contribution >= 0.6 is 0 Å². The predicted octanol–water partition coefficient (Wildman–Crippen LogP) is 13.5. The molecule has 0 heterocycles. The van der Waals surface area contributed by atoms with E-state index in [0.29, 0.717) is 11.4 Å². The van der Waals surface area contributed by atoms with E-state index in [-0.39, 0.29) is 0 Å². The molecule has 0 aliphatic heterocycles. The van der Waals surface area contributed by atoms with Crippen molar-refractivity contribution in [3.05, 3.63) is 47.5 Å². The maximum Gasteiger partial charge on any atom is 0.148 e. The van der Waals surface area contributed by atoms with Gasteiger partial charge in [0.15, 0.2) is 0 Å². The van der Waals surface area contributed by atoms with Crippen LogP contribution in [0.3, 0.4) is 0 Å². The summed E-state index contributed by atoms with van der Waals surface area (Å²) in [5, 5.41) is 4.92. The van der Waals surface area contributed by atoms with Crippen molar-refractivity contribution < 1.29 is 0 Å². The number of fused-ring (bicyclic) bond motifs is 2. The molecule has 0 spiro atoms. The number of anilines is 2. The molecule has 0 radical (unpaired) electrons. The molecule has 0 unspecified atom stereocenters. The number of benzene rings is 3. The first kappa shape index (κ1) is 35.1. The van der Waals surface area contributed by atoms with Crippen molar-refractivity contribution >= 4 is 49.1 Å². The molecule has 4 N–H and O–H groups in total. The summed E-state index contributed by atoms with van der Waals surface area (Å²) in [7, 11) is -3.88. The van der Waals surface area contributed by atoms with Crippen LogP contribution in [0, 0.1) is 22.9 Å². The van der Waals surface area contributed by atoms with Gasteiger partial charge in [-0.2, -0.15) is 0 Å². The van der Waals surface area contributed by atoms with Crippen molar-refractivity contribution in [2.45, 2.75) is 187 Å². The Balaban J connectivity index is 1.25. The molecule has 6 aliphatic rings. The van der Waals surface area contributed by atoms with Gasteiger partial charge in [0.2, 0.25) is 0 Å². The van der Waals surface area contributed by atoms with Crippen LogP contribution in [0.25, 0.3) is 21.5 Å². The van der Waals surface area contributed by atoms with Gasteiger partial charge in [-0.15, -0.1) is 11.1 Å². The minimum atomic E-state index is -1.94. The van der Waals surface area contributed by atoms with Gasteiger partial charge >= 0.3 is 0 Å². The Kier molecular flexibility index (Phi) is 10.0. The molecule has 0 bridgehead atoms. The molecule has 0 saturated heterocycles. The first-order valence-electron chi connectivity index (χ1n) is 22.2.